The second-order valence-corrected chi connectivity index (χ2v) is 8.10. The Morgan fingerprint density at radius 2 is 1.94 bits per heavy atom. The number of carbonyl (C=O) groups excluding carboxylic acids is 1. The van der Waals surface area contributed by atoms with Gasteiger partial charge in [-0.1, -0.05) is 12.1 Å². The predicted molar refractivity (Wildman–Crippen MR) is 123 cm³/mol. The fourth-order valence-electron chi connectivity index (χ4n) is 3.60. The second kappa shape index (κ2) is 9.91. The van der Waals surface area contributed by atoms with Crippen molar-refractivity contribution in [3.63, 3.8) is 0 Å². The van der Waals surface area contributed by atoms with Crippen LogP contribution >= 0.6 is 11.3 Å². The van der Waals surface area contributed by atoms with E-state index in [4.69, 9.17) is 18.9 Å². The smallest absolute Gasteiger partial charge is 0.228 e. The molecule has 1 amide bonds. The Bertz CT molecular complexity index is 1100. The minimum Gasteiger partial charge on any atom is -0.493 e. The number of ether oxygens (including phenoxy) is 4. The third kappa shape index (κ3) is 4.65. The Morgan fingerprint density at radius 1 is 1.12 bits per heavy atom. The van der Waals surface area contributed by atoms with Gasteiger partial charge in [-0.25, -0.2) is 4.98 Å². The van der Waals surface area contributed by atoms with E-state index in [0.29, 0.717) is 37.8 Å². The molecule has 0 aliphatic carbocycles. The highest BCUT2D eigenvalue weighted by molar-refractivity contribution is 7.13. The lowest BCUT2D eigenvalue weighted by atomic mass is 10.1. The largest absolute Gasteiger partial charge is 0.493 e. The molecule has 0 N–H and O–H groups in total. The van der Waals surface area contributed by atoms with Gasteiger partial charge in [0.05, 0.1) is 26.3 Å². The molecule has 0 atom stereocenters. The number of aromatic nitrogens is 1. The standard InChI is InChI=1S/C24H26N2O5S/c1-4-26(14-17-6-5-7-20-23(17)31-11-10-30-20)22(27)13-18-15-32-24(25-18)16-8-9-19(28-2)21(12-16)29-3/h5-9,12,15H,4,10-11,13-14H2,1-3H3. The maximum atomic E-state index is 13.0. The van der Waals surface area contributed by atoms with Crippen LogP contribution in [0.2, 0.25) is 0 Å². The van der Waals surface area contributed by atoms with Crippen molar-refractivity contribution in [3.05, 3.63) is 53.0 Å². The van der Waals surface area contributed by atoms with Crippen LogP contribution in [0.5, 0.6) is 23.0 Å². The molecular weight excluding hydrogens is 428 g/mol. The molecule has 0 unspecified atom stereocenters. The van der Waals surface area contributed by atoms with Gasteiger partial charge < -0.3 is 23.8 Å². The van der Waals surface area contributed by atoms with Gasteiger partial charge in [0.1, 0.15) is 18.2 Å². The van der Waals surface area contributed by atoms with Gasteiger partial charge >= 0.3 is 0 Å². The third-order valence-corrected chi connectivity index (χ3v) is 6.20. The van der Waals surface area contributed by atoms with Crippen LogP contribution in [0.3, 0.4) is 0 Å². The Balaban J connectivity index is 1.46. The van der Waals surface area contributed by atoms with E-state index < -0.39 is 0 Å². The topological polar surface area (TPSA) is 70.1 Å². The zero-order valence-corrected chi connectivity index (χ0v) is 19.2. The number of methoxy groups -OCH3 is 2. The van der Waals surface area contributed by atoms with Crippen LogP contribution in [0.4, 0.5) is 0 Å². The van der Waals surface area contributed by atoms with Gasteiger partial charge in [-0.05, 0) is 31.2 Å². The number of fused-ring (bicyclic) bond motifs is 1. The van der Waals surface area contributed by atoms with Crippen molar-refractivity contribution in [2.75, 3.05) is 34.0 Å². The quantitative estimate of drug-likeness (QED) is 0.508. The number of para-hydroxylation sites is 1. The highest BCUT2D eigenvalue weighted by Gasteiger charge is 2.20. The van der Waals surface area contributed by atoms with Crippen molar-refractivity contribution in [1.82, 2.24) is 9.88 Å². The zero-order valence-electron chi connectivity index (χ0n) is 18.4. The molecule has 1 aliphatic heterocycles. The molecule has 168 valence electrons. The first kappa shape index (κ1) is 22.0. The van der Waals surface area contributed by atoms with Gasteiger partial charge in [-0.15, -0.1) is 11.3 Å². The number of hydrogen-bond acceptors (Lipinski definition) is 7. The summed E-state index contributed by atoms with van der Waals surface area (Å²) in [5, 5.41) is 2.76. The number of likely N-dealkylation sites (N-methyl/N-ethyl adjacent to an activating group) is 1. The first-order valence-electron chi connectivity index (χ1n) is 10.4. The van der Waals surface area contributed by atoms with Gasteiger partial charge in [0.2, 0.25) is 5.91 Å². The average Bonchev–Trinajstić information content (AvgIpc) is 3.30. The lowest BCUT2D eigenvalue weighted by molar-refractivity contribution is -0.130. The van der Waals surface area contributed by atoms with Crippen LogP contribution in [0.1, 0.15) is 18.2 Å². The van der Waals surface area contributed by atoms with E-state index >= 15 is 0 Å². The predicted octanol–water partition coefficient (Wildman–Crippen LogP) is 4.19. The van der Waals surface area contributed by atoms with Gasteiger partial charge in [-0.2, -0.15) is 0 Å². The fraction of sp³-hybridized carbons (Fsp3) is 0.333. The molecule has 0 radical (unpaired) electrons. The Labute approximate surface area is 191 Å². The van der Waals surface area contributed by atoms with E-state index in [2.05, 4.69) is 4.98 Å². The summed E-state index contributed by atoms with van der Waals surface area (Å²) in [6.07, 6.45) is 0.240. The molecule has 32 heavy (non-hydrogen) atoms. The highest BCUT2D eigenvalue weighted by Crippen LogP contribution is 2.35. The lowest BCUT2D eigenvalue weighted by Crippen LogP contribution is -2.32. The number of hydrogen-bond donors (Lipinski definition) is 0. The molecule has 2 heterocycles. The molecular formula is C24H26N2O5S. The molecule has 1 aliphatic rings. The van der Waals surface area contributed by atoms with E-state index in [1.807, 2.05) is 53.6 Å². The molecule has 0 bridgehead atoms. The molecule has 0 saturated carbocycles. The van der Waals surface area contributed by atoms with Gasteiger partial charge in [0.25, 0.3) is 0 Å². The van der Waals surface area contributed by atoms with Crippen molar-refractivity contribution in [2.45, 2.75) is 19.9 Å². The average molecular weight is 455 g/mol. The number of thiazole rings is 1. The fourth-order valence-corrected chi connectivity index (χ4v) is 4.41. The van der Waals surface area contributed by atoms with E-state index in [-0.39, 0.29) is 12.3 Å². The molecule has 7 nitrogen and oxygen atoms in total. The van der Waals surface area contributed by atoms with Gasteiger partial charge in [0.15, 0.2) is 23.0 Å². The monoisotopic (exact) mass is 454 g/mol. The van der Waals surface area contributed by atoms with Crippen LogP contribution in [0.25, 0.3) is 10.6 Å². The van der Waals surface area contributed by atoms with E-state index in [0.717, 1.165) is 33.3 Å². The van der Waals surface area contributed by atoms with Crippen LogP contribution in [0.15, 0.2) is 41.8 Å². The maximum Gasteiger partial charge on any atom is 0.228 e. The van der Waals surface area contributed by atoms with E-state index in [1.165, 1.54) is 11.3 Å². The first-order chi connectivity index (χ1) is 15.6. The summed E-state index contributed by atoms with van der Waals surface area (Å²) in [5.41, 5.74) is 2.62. The summed E-state index contributed by atoms with van der Waals surface area (Å²) in [5.74, 6) is 2.79. The van der Waals surface area contributed by atoms with Crippen LogP contribution in [-0.4, -0.2) is 49.8 Å². The molecule has 4 rings (SSSR count). The number of amides is 1. The molecule has 8 heteroatoms. The molecule has 0 spiro atoms. The van der Waals surface area contributed by atoms with E-state index in [1.54, 1.807) is 14.2 Å². The molecule has 3 aromatic rings. The summed E-state index contributed by atoms with van der Waals surface area (Å²) in [6.45, 7) is 4.09. The number of benzene rings is 2. The van der Waals surface area contributed by atoms with Crippen molar-refractivity contribution in [1.29, 1.82) is 0 Å². The van der Waals surface area contributed by atoms with Crippen molar-refractivity contribution in [2.24, 2.45) is 0 Å². The van der Waals surface area contributed by atoms with Crippen molar-refractivity contribution in [3.8, 4) is 33.6 Å². The number of rotatable bonds is 8. The Morgan fingerprint density at radius 3 is 2.72 bits per heavy atom. The molecule has 2 aromatic carbocycles. The van der Waals surface area contributed by atoms with Crippen LogP contribution in [-0.2, 0) is 17.8 Å². The van der Waals surface area contributed by atoms with Crippen molar-refractivity contribution < 1.29 is 23.7 Å². The summed E-state index contributed by atoms with van der Waals surface area (Å²) >= 11 is 1.50. The number of carbonyl (C=O) groups is 1. The molecule has 0 saturated heterocycles. The van der Waals surface area contributed by atoms with Crippen molar-refractivity contribution >= 4 is 17.2 Å². The normalized spacial score (nSPS) is 12.3. The summed E-state index contributed by atoms with van der Waals surface area (Å²) in [7, 11) is 3.21. The van der Waals surface area contributed by atoms with Gasteiger partial charge in [0, 0.05) is 29.6 Å². The summed E-state index contributed by atoms with van der Waals surface area (Å²) in [4.78, 5) is 19.5. The maximum absolute atomic E-state index is 13.0. The van der Waals surface area contributed by atoms with E-state index in [9.17, 15) is 4.79 Å². The Hall–Kier alpha value is -3.26. The minimum atomic E-state index is 0.0194. The number of nitrogens with zero attached hydrogens (tertiary/aromatic N) is 2. The highest BCUT2D eigenvalue weighted by atomic mass is 32.1. The third-order valence-electron chi connectivity index (χ3n) is 5.26. The van der Waals surface area contributed by atoms with Crippen LogP contribution in [0, 0.1) is 0 Å². The minimum absolute atomic E-state index is 0.0194. The van der Waals surface area contributed by atoms with Crippen LogP contribution < -0.4 is 18.9 Å². The SMILES string of the molecule is CCN(Cc1cccc2c1OCCO2)C(=O)Cc1csc(-c2ccc(OC)c(OC)c2)n1. The molecule has 1 aromatic heterocycles. The lowest BCUT2D eigenvalue weighted by Gasteiger charge is -2.25. The summed E-state index contributed by atoms with van der Waals surface area (Å²) < 4.78 is 22.1. The Kier molecular flexibility index (Phi) is 6.80. The first-order valence-corrected chi connectivity index (χ1v) is 11.3. The van der Waals surface area contributed by atoms with Gasteiger partial charge in [-0.3, -0.25) is 4.79 Å². The summed E-state index contributed by atoms with van der Waals surface area (Å²) in [6, 6.07) is 11.5. The zero-order chi connectivity index (χ0) is 22.5. The molecule has 0 fully saturated rings. The second-order valence-electron chi connectivity index (χ2n) is 7.24.